The first-order chi connectivity index (χ1) is 14.9. The Balaban J connectivity index is 1.89. The van der Waals surface area contributed by atoms with Crippen molar-refractivity contribution >= 4 is 17.5 Å². The second-order valence-corrected chi connectivity index (χ2v) is 10.6. The maximum Gasteiger partial charge on any atom is 0.305 e. The summed E-state index contributed by atoms with van der Waals surface area (Å²) in [7, 11) is 0. The number of hydrogen-bond donors (Lipinski definition) is 2. The van der Waals surface area contributed by atoms with Crippen LogP contribution < -0.4 is 0 Å². The van der Waals surface area contributed by atoms with Gasteiger partial charge in [-0.3, -0.25) is 14.4 Å². The zero-order valence-electron chi connectivity index (χ0n) is 19.2. The molecule has 4 rings (SSSR count). The van der Waals surface area contributed by atoms with Crippen LogP contribution in [0, 0.1) is 28.6 Å². The van der Waals surface area contributed by atoms with Crippen molar-refractivity contribution in [1.82, 2.24) is 0 Å². The van der Waals surface area contributed by atoms with E-state index in [0.29, 0.717) is 24.8 Å². The first kappa shape index (κ1) is 23.3. The summed E-state index contributed by atoms with van der Waals surface area (Å²) in [6, 6.07) is 0. The van der Waals surface area contributed by atoms with Gasteiger partial charge in [-0.1, -0.05) is 32.4 Å². The largest absolute Gasteiger partial charge is 0.459 e. The molecule has 0 unspecified atom stereocenters. The Morgan fingerprint density at radius 2 is 1.97 bits per heavy atom. The maximum absolute atomic E-state index is 17.6. The van der Waals surface area contributed by atoms with Crippen LogP contribution in [-0.2, 0) is 19.1 Å². The number of ketones is 2. The van der Waals surface area contributed by atoms with Crippen molar-refractivity contribution < 1.29 is 33.7 Å². The van der Waals surface area contributed by atoms with E-state index in [1.165, 1.54) is 12.2 Å². The number of carbonyl (C=O) groups excluding carboxylic acids is 3. The number of allylic oxidation sites excluding steroid dienone is 4. The van der Waals surface area contributed by atoms with Crippen molar-refractivity contribution in [3.8, 4) is 0 Å². The fraction of sp³-hybridized carbons (Fsp3) is 0.720. The van der Waals surface area contributed by atoms with Crippen LogP contribution in [0.5, 0.6) is 0 Å². The fourth-order valence-corrected chi connectivity index (χ4v) is 7.59. The highest BCUT2D eigenvalue weighted by Crippen LogP contribution is 2.71. The number of aliphatic hydroxyl groups excluding tert-OH is 1. The average molecular weight is 449 g/mol. The van der Waals surface area contributed by atoms with Gasteiger partial charge in [0.05, 0.1) is 0 Å². The van der Waals surface area contributed by atoms with Gasteiger partial charge in [-0.25, -0.2) is 4.39 Å². The lowest BCUT2D eigenvalue weighted by atomic mass is 9.44. The third-order valence-electron chi connectivity index (χ3n) is 9.33. The van der Waals surface area contributed by atoms with E-state index in [1.807, 2.05) is 0 Å². The van der Waals surface area contributed by atoms with Gasteiger partial charge in [0.15, 0.2) is 17.2 Å². The molecular weight excluding hydrogens is 415 g/mol. The van der Waals surface area contributed by atoms with Crippen LogP contribution in [0.1, 0.15) is 59.8 Å². The summed E-state index contributed by atoms with van der Waals surface area (Å²) in [5, 5.41) is 21.3. The lowest BCUT2D eigenvalue weighted by Crippen LogP contribution is -2.70. The van der Waals surface area contributed by atoms with Crippen LogP contribution in [0.15, 0.2) is 23.8 Å². The van der Waals surface area contributed by atoms with Crippen LogP contribution in [0.2, 0.25) is 0 Å². The lowest BCUT2D eigenvalue weighted by Gasteiger charge is -2.63. The monoisotopic (exact) mass is 448 g/mol. The molecule has 0 heterocycles. The highest BCUT2D eigenvalue weighted by Gasteiger charge is 2.76. The molecule has 2 N–H and O–H groups in total. The number of hydrogen-bond acceptors (Lipinski definition) is 6. The lowest BCUT2D eigenvalue weighted by molar-refractivity contribution is -0.230. The smallest absolute Gasteiger partial charge is 0.305 e. The summed E-state index contributed by atoms with van der Waals surface area (Å²) in [6.45, 7) is 6.12. The number of ether oxygens (including phenoxy) is 1. The number of esters is 1. The van der Waals surface area contributed by atoms with Gasteiger partial charge in [-0.05, 0) is 56.6 Å². The molecule has 0 bridgehead atoms. The van der Waals surface area contributed by atoms with Gasteiger partial charge in [0, 0.05) is 23.2 Å². The van der Waals surface area contributed by atoms with Gasteiger partial charge in [0.2, 0.25) is 0 Å². The van der Waals surface area contributed by atoms with E-state index in [2.05, 4.69) is 0 Å². The van der Waals surface area contributed by atoms with Crippen molar-refractivity contribution in [2.75, 3.05) is 6.61 Å². The van der Waals surface area contributed by atoms with E-state index in [1.54, 1.807) is 33.8 Å². The summed E-state index contributed by atoms with van der Waals surface area (Å²) in [6.07, 6.45) is 4.69. The Hall–Kier alpha value is -1.86. The molecule has 7 heteroatoms. The molecule has 0 saturated heterocycles. The van der Waals surface area contributed by atoms with E-state index in [9.17, 15) is 24.6 Å². The van der Waals surface area contributed by atoms with E-state index in [4.69, 9.17) is 4.74 Å². The zero-order valence-corrected chi connectivity index (χ0v) is 19.2. The Morgan fingerprint density at radius 3 is 2.59 bits per heavy atom. The minimum absolute atomic E-state index is 0.0341. The normalized spacial score (nSPS) is 47.2. The molecule has 0 spiro atoms. The second-order valence-electron chi connectivity index (χ2n) is 10.6. The number of halogens is 1. The van der Waals surface area contributed by atoms with Crippen LogP contribution in [-0.4, -0.2) is 51.7 Å². The third-order valence-corrected chi connectivity index (χ3v) is 9.33. The first-order valence-electron chi connectivity index (χ1n) is 11.6. The van der Waals surface area contributed by atoms with Gasteiger partial charge < -0.3 is 14.9 Å². The molecule has 4 aliphatic carbocycles. The predicted molar refractivity (Wildman–Crippen MR) is 114 cm³/mol. The van der Waals surface area contributed by atoms with Crippen LogP contribution >= 0.6 is 0 Å². The summed E-state index contributed by atoms with van der Waals surface area (Å²) in [5.74, 6) is -2.81. The van der Waals surface area contributed by atoms with E-state index >= 15 is 4.39 Å². The number of fused-ring (bicyclic) bond motifs is 5. The highest BCUT2D eigenvalue weighted by atomic mass is 19.1. The highest BCUT2D eigenvalue weighted by molar-refractivity contribution is 6.01. The zero-order chi connectivity index (χ0) is 23.7. The molecule has 0 aliphatic heterocycles. The molecule has 3 saturated carbocycles. The van der Waals surface area contributed by atoms with Gasteiger partial charge >= 0.3 is 5.97 Å². The number of carbonyl (C=O) groups is 3. The molecule has 0 amide bonds. The summed E-state index contributed by atoms with van der Waals surface area (Å²) in [4.78, 5) is 37.2. The SMILES string of the molecule is CCC(=O)O[C@@H]1C[C@@]2(C)[C@@H](C[C@@H](C)[C@]2(O)C(=O)CO)[C@@H]2CCC3=CC(=O)C=C[C@]3(C)[C@@]12F. The molecule has 176 valence electrons. The van der Waals surface area contributed by atoms with Gasteiger partial charge in [0.1, 0.15) is 18.3 Å². The Bertz CT molecular complexity index is 925. The molecule has 32 heavy (non-hydrogen) atoms. The van der Waals surface area contributed by atoms with E-state index in [-0.39, 0.29) is 24.5 Å². The van der Waals surface area contributed by atoms with Crippen molar-refractivity contribution in [1.29, 1.82) is 0 Å². The Morgan fingerprint density at radius 1 is 1.28 bits per heavy atom. The number of rotatable bonds is 4. The first-order valence-corrected chi connectivity index (χ1v) is 11.6. The average Bonchev–Trinajstić information content (AvgIpc) is 2.96. The van der Waals surface area contributed by atoms with Crippen molar-refractivity contribution in [2.45, 2.75) is 77.2 Å². The van der Waals surface area contributed by atoms with Crippen molar-refractivity contribution in [3.63, 3.8) is 0 Å². The van der Waals surface area contributed by atoms with E-state index in [0.717, 1.165) is 0 Å². The number of alkyl halides is 1. The van der Waals surface area contributed by atoms with Crippen molar-refractivity contribution in [3.05, 3.63) is 23.8 Å². The molecule has 3 fully saturated rings. The predicted octanol–water partition coefficient (Wildman–Crippen LogP) is 2.86. The third kappa shape index (κ3) is 2.67. The second kappa shape index (κ2) is 7.32. The molecule has 8 atom stereocenters. The van der Waals surface area contributed by atoms with E-state index < -0.39 is 58.4 Å². The van der Waals surface area contributed by atoms with Crippen LogP contribution in [0.4, 0.5) is 4.39 Å². The quantitative estimate of drug-likeness (QED) is 0.642. The summed E-state index contributed by atoms with van der Waals surface area (Å²) in [5.41, 5.74) is -5.32. The van der Waals surface area contributed by atoms with Crippen molar-refractivity contribution in [2.24, 2.45) is 28.6 Å². The molecular formula is C25H33FO6. The molecule has 0 aromatic heterocycles. The molecule has 0 aromatic carbocycles. The summed E-state index contributed by atoms with van der Waals surface area (Å²) >= 11 is 0. The minimum Gasteiger partial charge on any atom is -0.459 e. The Labute approximate surface area is 187 Å². The number of aliphatic hydroxyl groups is 2. The van der Waals surface area contributed by atoms with Gasteiger partial charge in [-0.2, -0.15) is 0 Å². The van der Waals surface area contributed by atoms with Gasteiger partial charge in [0.25, 0.3) is 0 Å². The maximum atomic E-state index is 17.6. The molecule has 6 nitrogen and oxygen atoms in total. The molecule has 0 radical (unpaired) electrons. The van der Waals surface area contributed by atoms with Gasteiger partial charge in [-0.15, -0.1) is 0 Å². The molecule has 0 aromatic rings. The number of Topliss-reactive ketones (excluding diaryl/α,β-unsaturated/α-hetero) is 1. The van der Waals surface area contributed by atoms with Crippen LogP contribution in [0.25, 0.3) is 0 Å². The summed E-state index contributed by atoms with van der Waals surface area (Å²) < 4.78 is 23.3. The topological polar surface area (TPSA) is 101 Å². The minimum atomic E-state index is -1.99. The van der Waals surface area contributed by atoms with Crippen LogP contribution in [0.3, 0.4) is 0 Å². The fourth-order valence-electron chi connectivity index (χ4n) is 7.59. The molecule has 4 aliphatic rings. The standard InChI is InChI=1S/C25H33FO6/c1-5-21(30)32-20-12-23(4)18(10-14(2)25(23,31)19(29)13-27)17-7-6-15-11-16(28)8-9-22(15,3)24(17,20)26/h8-9,11,14,17-18,20,27,31H,5-7,10,12-13H2,1-4H3/t14-,17+,18+,20-,22+,23+,24+,25+/m1/s1. The Kier molecular flexibility index (Phi) is 5.33.